The van der Waals surface area contributed by atoms with E-state index in [1.165, 1.54) is 0 Å². The first-order chi connectivity index (χ1) is 10.7. The predicted octanol–water partition coefficient (Wildman–Crippen LogP) is 3.61. The Morgan fingerprint density at radius 3 is 2.59 bits per heavy atom. The van der Waals surface area contributed by atoms with Crippen molar-refractivity contribution < 1.29 is 4.79 Å². The summed E-state index contributed by atoms with van der Waals surface area (Å²) >= 11 is 7.64. The zero-order valence-electron chi connectivity index (χ0n) is 12.2. The van der Waals surface area contributed by atoms with Crippen LogP contribution in [0.5, 0.6) is 0 Å². The number of thiophene rings is 1. The van der Waals surface area contributed by atoms with Gasteiger partial charge in [0.2, 0.25) is 5.91 Å². The van der Waals surface area contributed by atoms with E-state index < -0.39 is 0 Å². The fourth-order valence-electron chi connectivity index (χ4n) is 2.77. The summed E-state index contributed by atoms with van der Waals surface area (Å²) in [5.74, 6) is 0.255. The van der Waals surface area contributed by atoms with Crippen molar-refractivity contribution in [3.63, 3.8) is 0 Å². The number of hydrogen-bond donors (Lipinski definition) is 2. The number of hydrogen-bond acceptors (Lipinski definition) is 3. The van der Waals surface area contributed by atoms with E-state index in [2.05, 4.69) is 16.7 Å². The number of benzene rings is 1. The maximum Gasteiger partial charge on any atom is 0.223 e. The Balaban J connectivity index is 1.79. The number of nitrogens with one attached hydrogen (secondary N) is 2. The van der Waals surface area contributed by atoms with Gasteiger partial charge in [-0.05, 0) is 55.1 Å². The summed E-state index contributed by atoms with van der Waals surface area (Å²) in [6, 6.07) is 11.7. The van der Waals surface area contributed by atoms with Gasteiger partial charge in [-0.3, -0.25) is 4.79 Å². The molecule has 1 aromatic heterocycles. The molecule has 1 unspecified atom stereocenters. The van der Waals surface area contributed by atoms with E-state index >= 15 is 0 Å². The van der Waals surface area contributed by atoms with Crippen molar-refractivity contribution in [2.75, 3.05) is 13.1 Å². The zero-order valence-corrected chi connectivity index (χ0v) is 13.8. The van der Waals surface area contributed by atoms with Crippen molar-refractivity contribution in [1.82, 2.24) is 10.6 Å². The third-order valence-electron chi connectivity index (χ3n) is 4.03. The summed E-state index contributed by atoms with van der Waals surface area (Å²) in [6.07, 6.45) is 1.81. The number of rotatable bonds is 4. The van der Waals surface area contributed by atoms with Gasteiger partial charge in [-0.25, -0.2) is 0 Å². The van der Waals surface area contributed by atoms with Crippen LogP contribution in [0.2, 0.25) is 5.02 Å². The highest BCUT2D eigenvalue weighted by atomic mass is 35.5. The molecule has 1 saturated heterocycles. The Hall–Kier alpha value is -1.36. The second kappa shape index (κ2) is 7.27. The average molecular weight is 335 g/mol. The summed E-state index contributed by atoms with van der Waals surface area (Å²) in [5.41, 5.74) is 1.06. The van der Waals surface area contributed by atoms with Crippen molar-refractivity contribution in [2.24, 2.45) is 5.92 Å². The van der Waals surface area contributed by atoms with Crippen molar-refractivity contribution >= 4 is 28.8 Å². The second-order valence-electron chi connectivity index (χ2n) is 5.53. The molecule has 3 rings (SSSR count). The molecule has 2 aromatic rings. The summed E-state index contributed by atoms with van der Waals surface area (Å²) in [4.78, 5) is 13.7. The van der Waals surface area contributed by atoms with E-state index in [4.69, 9.17) is 11.6 Å². The number of halogens is 1. The highest BCUT2D eigenvalue weighted by Crippen LogP contribution is 2.28. The lowest BCUT2D eigenvalue weighted by Gasteiger charge is -2.25. The molecule has 1 aliphatic heterocycles. The first-order valence-corrected chi connectivity index (χ1v) is 8.80. The van der Waals surface area contributed by atoms with E-state index in [9.17, 15) is 4.79 Å². The van der Waals surface area contributed by atoms with Crippen LogP contribution in [0.1, 0.15) is 29.3 Å². The molecule has 0 saturated carbocycles. The van der Waals surface area contributed by atoms with E-state index in [0.717, 1.165) is 36.4 Å². The molecule has 116 valence electrons. The minimum atomic E-state index is -0.0975. The molecule has 0 aliphatic carbocycles. The maximum atomic E-state index is 12.6. The molecule has 2 N–H and O–H groups in total. The topological polar surface area (TPSA) is 41.1 Å². The Labute approximate surface area is 139 Å². The van der Waals surface area contributed by atoms with Gasteiger partial charge in [0.15, 0.2) is 0 Å². The third-order valence-corrected chi connectivity index (χ3v) is 5.22. The molecular weight excluding hydrogens is 316 g/mol. The summed E-state index contributed by atoms with van der Waals surface area (Å²) < 4.78 is 0. The molecule has 1 amide bonds. The standard InChI is InChI=1S/C17H19ClN2OS/c18-14-5-3-12(4-6-14)16(15-2-1-11-22-15)20-17(21)13-7-9-19-10-8-13/h1-6,11,13,16,19H,7-10H2,(H,20,21). The first-order valence-electron chi connectivity index (χ1n) is 7.54. The zero-order chi connectivity index (χ0) is 15.4. The minimum absolute atomic E-state index is 0.0975. The van der Waals surface area contributed by atoms with Gasteiger partial charge in [0.1, 0.15) is 0 Å². The molecule has 0 bridgehead atoms. The summed E-state index contributed by atoms with van der Waals surface area (Å²) in [7, 11) is 0. The highest BCUT2D eigenvalue weighted by molar-refractivity contribution is 7.10. The number of piperidine rings is 1. The van der Waals surface area contributed by atoms with Gasteiger partial charge in [-0.2, -0.15) is 0 Å². The van der Waals surface area contributed by atoms with Crippen LogP contribution >= 0.6 is 22.9 Å². The van der Waals surface area contributed by atoms with E-state index in [1.807, 2.05) is 35.7 Å². The van der Waals surface area contributed by atoms with Gasteiger partial charge in [-0.1, -0.05) is 29.8 Å². The second-order valence-corrected chi connectivity index (χ2v) is 6.95. The molecular formula is C17H19ClN2OS. The lowest BCUT2D eigenvalue weighted by Crippen LogP contribution is -2.39. The summed E-state index contributed by atoms with van der Waals surface area (Å²) in [5, 5.41) is 9.26. The van der Waals surface area contributed by atoms with Crippen LogP contribution in [0.15, 0.2) is 41.8 Å². The van der Waals surface area contributed by atoms with Crippen molar-refractivity contribution in [1.29, 1.82) is 0 Å². The molecule has 1 aliphatic rings. The molecule has 1 fully saturated rings. The number of amides is 1. The van der Waals surface area contributed by atoms with Crippen LogP contribution in [0.25, 0.3) is 0 Å². The van der Waals surface area contributed by atoms with Crippen LogP contribution in [0, 0.1) is 5.92 Å². The monoisotopic (exact) mass is 334 g/mol. The molecule has 5 heteroatoms. The Morgan fingerprint density at radius 1 is 1.23 bits per heavy atom. The van der Waals surface area contributed by atoms with E-state index in [-0.39, 0.29) is 17.9 Å². The number of carbonyl (C=O) groups is 1. The van der Waals surface area contributed by atoms with Gasteiger partial charge in [0, 0.05) is 15.8 Å². The van der Waals surface area contributed by atoms with Crippen LogP contribution in [0.4, 0.5) is 0 Å². The molecule has 22 heavy (non-hydrogen) atoms. The molecule has 2 heterocycles. The molecule has 3 nitrogen and oxygen atoms in total. The smallest absolute Gasteiger partial charge is 0.223 e. The van der Waals surface area contributed by atoms with Gasteiger partial charge >= 0.3 is 0 Å². The van der Waals surface area contributed by atoms with Crippen LogP contribution in [0.3, 0.4) is 0 Å². The quantitative estimate of drug-likeness (QED) is 0.896. The first kappa shape index (κ1) is 15.5. The predicted molar refractivity (Wildman–Crippen MR) is 91.4 cm³/mol. The maximum absolute atomic E-state index is 12.6. The van der Waals surface area contributed by atoms with Crippen molar-refractivity contribution in [3.8, 4) is 0 Å². The van der Waals surface area contributed by atoms with Crippen LogP contribution in [-0.2, 0) is 4.79 Å². The Morgan fingerprint density at radius 2 is 1.95 bits per heavy atom. The molecule has 1 aromatic carbocycles. The fraction of sp³-hybridized carbons (Fsp3) is 0.353. The molecule has 0 radical (unpaired) electrons. The third kappa shape index (κ3) is 3.69. The Bertz CT molecular complexity index is 606. The highest BCUT2D eigenvalue weighted by Gasteiger charge is 2.25. The fourth-order valence-corrected chi connectivity index (χ4v) is 3.70. The largest absolute Gasteiger partial charge is 0.344 e. The van der Waals surface area contributed by atoms with Crippen molar-refractivity contribution in [2.45, 2.75) is 18.9 Å². The normalized spacial score (nSPS) is 17.1. The van der Waals surface area contributed by atoms with Crippen LogP contribution in [-0.4, -0.2) is 19.0 Å². The van der Waals surface area contributed by atoms with E-state index in [1.54, 1.807) is 11.3 Å². The molecule has 1 atom stereocenters. The lowest BCUT2D eigenvalue weighted by atomic mass is 9.96. The van der Waals surface area contributed by atoms with Gasteiger partial charge in [0.05, 0.1) is 6.04 Å². The Kier molecular flexibility index (Phi) is 5.13. The van der Waals surface area contributed by atoms with Crippen LogP contribution < -0.4 is 10.6 Å². The van der Waals surface area contributed by atoms with Gasteiger partial charge in [-0.15, -0.1) is 11.3 Å². The average Bonchev–Trinajstić information content (AvgIpc) is 3.08. The summed E-state index contributed by atoms with van der Waals surface area (Å²) in [6.45, 7) is 1.84. The van der Waals surface area contributed by atoms with Crippen molar-refractivity contribution in [3.05, 3.63) is 57.2 Å². The van der Waals surface area contributed by atoms with Gasteiger partial charge in [0.25, 0.3) is 0 Å². The SMILES string of the molecule is O=C(NC(c1ccc(Cl)cc1)c1cccs1)C1CCNCC1. The minimum Gasteiger partial charge on any atom is -0.344 e. The number of carbonyl (C=O) groups excluding carboxylic acids is 1. The molecule has 0 spiro atoms. The van der Waals surface area contributed by atoms with E-state index in [0.29, 0.717) is 5.02 Å². The van der Waals surface area contributed by atoms with Gasteiger partial charge < -0.3 is 10.6 Å². The lowest BCUT2D eigenvalue weighted by molar-refractivity contribution is -0.126.